The van der Waals surface area contributed by atoms with Crippen molar-refractivity contribution in [1.82, 2.24) is 4.98 Å². The van der Waals surface area contributed by atoms with Crippen LogP contribution in [0.2, 0.25) is 0 Å². The molecule has 3 aromatic carbocycles. The van der Waals surface area contributed by atoms with E-state index in [1.165, 1.54) is 0 Å². The molecule has 0 N–H and O–H groups in total. The van der Waals surface area contributed by atoms with Crippen LogP contribution in [0.25, 0.3) is 32.9 Å². The van der Waals surface area contributed by atoms with Gasteiger partial charge in [-0.2, -0.15) is 0 Å². The van der Waals surface area contributed by atoms with E-state index < -0.39 is 5.97 Å². The third kappa shape index (κ3) is 2.89. The highest BCUT2D eigenvalue weighted by Crippen LogP contribution is 2.27. The third-order valence-electron chi connectivity index (χ3n) is 4.27. The Morgan fingerprint density at radius 1 is 0.962 bits per heavy atom. The molecule has 0 amide bonds. The van der Waals surface area contributed by atoms with Crippen LogP contribution >= 0.6 is 0 Å². The average Bonchev–Trinajstić information content (AvgIpc) is 2.70. The van der Waals surface area contributed by atoms with Gasteiger partial charge in [-0.3, -0.25) is 0 Å². The van der Waals surface area contributed by atoms with E-state index in [0.29, 0.717) is 5.56 Å². The number of hydrogen-bond acceptors (Lipinski definition) is 3. The van der Waals surface area contributed by atoms with E-state index in [9.17, 15) is 4.79 Å². The van der Waals surface area contributed by atoms with Crippen molar-refractivity contribution in [2.24, 2.45) is 0 Å². The van der Waals surface area contributed by atoms with E-state index in [-0.39, 0.29) is 6.61 Å². The second-order valence-electron chi connectivity index (χ2n) is 5.91. The molecular weight excluding hydrogens is 322 g/mol. The summed E-state index contributed by atoms with van der Waals surface area (Å²) in [6.45, 7) is -0.0548. The first-order valence-corrected chi connectivity index (χ1v) is 8.26. The number of esters is 1. The van der Waals surface area contributed by atoms with E-state index in [0.717, 1.165) is 32.9 Å². The summed E-state index contributed by atoms with van der Waals surface area (Å²) in [4.78, 5) is 17.2. The number of benzene rings is 3. The Kier molecular flexibility index (Phi) is 4.09. The van der Waals surface area contributed by atoms with Crippen molar-refractivity contribution < 1.29 is 9.53 Å². The van der Waals surface area contributed by atoms with Crippen LogP contribution in [0, 0.1) is 12.3 Å². The summed E-state index contributed by atoms with van der Waals surface area (Å²) in [5.41, 5.74) is 2.88. The lowest BCUT2D eigenvalue weighted by atomic mass is 10.0. The van der Waals surface area contributed by atoms with Gasteiger partial charge in [-0.15, -0.1) is 6.42 Å². The monoisotopic (exact) mass is 337 g/mol. The normalized spacial score (nSPS) is 10.6. The molecule has 4 aromatic rings. The Bertz CT molecular complexity index is 1170. The molecule has 0 aliphatic carbocycles. The number of ether oxygens (including phenoxy) is 1. The lowest BCUT2D eigenvalue weighted by Gasteiger charge is -2.10. The van der Waals surface area contributed by atoms with Gasteiger partial charge in [0.05, 0.1) is 16.8 Å². The molecule has 0 radical (unpaired) electrons. The topological polar surface area (TPSA) is 39.2 Å². The number of fused-ring (bicyclic) bond motifs is 2. The van der Waals surface area contributed by atoms with Crippen molar-refractivity contribution in [2.75, 3.05) is 6.61 Å². The minimum absolute atomic E-state index is 0.0548. The summed E-state index contributed by atoms with van der Waals surface area (Å²) in [7, 11) is 0. The lowest BCUT2D eigenvalue weighted by molar-refractivity contribution is 0.0559. The number of carbonyl (C=O) groups is 1. The number of rotatable bonds is 3. The Morgan fingerprint density at radius 3 is 2.58 bits per heavy atom. The zero-order valence-corrected chi connectivity index (χ0v) is 14.0. The molecule has 4 rings (SSSR count). The van der Waals surface area contributed by atoms with Crippen LogP contribution < -0.4 is 0 Å². The zero-order valence-electron chi connectivity index (χ0n) is 14.0. The molecular formula is C23H15NO2. The maximum absolute atomic E-state index is 12.5. The van der Waals surface area contributed by atoms with Gasteiger partial charge in [0, 0.05) is 10.9 Å². The number of hydrogen-bond donors (Lipinski definition) is 0. The number of pyridine rings is 1. The summed E-state index contributed by atoms with van der Waals surface area (Å²) in [5.74, 6) is 1.88. The van der Waals surface area contributed by atoms with Crippen molar-refractivity contribution >= 4 is 27.6 Å². The van der Waals surface area contributed by atoms with E-state index >= 15 is 0 Å². The maximum atomic E-state index is 12.5. The predicted molar refractivity (Wildman–Crippen MR) is 104 cm³/mol. The Balaban J connectivity index is 1.89. The van der Waals surface area contributed by atoms with E-state index in [1.54, 1.807) is 6.07 Å². The highest BCUT2D eigenvalue weighted by molar-refractivity contribution is 6.04. The third-order valence-corrected chi connectivity index (χ3v) is 4.27. The molecule has 124 valence electrons. The van der Waals surface area contributed by atoms with Gasteiger partial charge in [0.2, 0.25) is 0 Å². The lowest BCUT2D eigenvalue weighted by Crippen LogP contribution is -2.07. The highest BCUT2D eigenvalue weighted by Gasteiger charge is 2.15. The summed E-state index contributed by atoms with van der Waals surface area (Å²) >= 11 is 0. The highest BCUT2D eigenvalue weighted by atomic mass is 16.5. The first kappa shape index (κ1) is 15.9. The fraction of sp³-hybridized carbons (Fsp3) is 0.0435. The van der Waals surface area contributed by atoms with Gasteiger partial charge in [-0.1, -0.05) is 60.5 Å². The smallest absolute Gasteiger partial charge is 0.339 e. The molecule has 0 spiro atoms. The van der Waals surface area contributed by atoms with Crippen LogP contribution in [0.1, 0.15) is 10.4 Å². The molecule has 1 heterocycles. The molecule has 0 aliphatic heterocycles. The predicted octanol–water partition coefficient (Wildman–Crippen LogP) is 4.85. The quantitative estimate of drug-likeness (QED) is 0.396. The number of para-hydroxylation sites is 1. The second-order valence-corrected chi connectivity index (χ2v) is 5.91. The molecule has 26 heavy (non-hydrogen) atoms. The summed E-state index contributed by atoms with van der Waals surface area (Å²) in [6.07, 6.45) is 5.20. The summed E-state index contributed by atoms with van der Waals surface area (Å²) < 4.78 is 5.14. The standard InChI is InChI=1S/C23H15NO2/c1-2-13-26-23(25)20-15-22(24-21-10-6-5-9-19(20)21)18-12-11-16-7-3-4-8-17(16)14-18/h1,3-12,14-15H,13H2. The summed E-state index contributed by atoms with van der Waals surface area (Å²) in [5, 5.41) is 3.03. The fourth-order valence-corrected chi connectivity index (χ4v) is 3.03. The van der Waals surface area contributed by atoms with Crippen LogP contribution in [-0.4, -0.2) is 17.6 Å². The van der Waals surface area contributed by atoms with Gasteiger partial charge in [-0.05, 0) is 29.0 Å². The SMILES string of the molecule is C#CCOC(=O)c1cc(-c2ccc3ccccc3c2)nc2ccccc12. The van der Waals surface area contributed by atoms with E-state index in [1.807, 2.05) is 42.5 Å². The van der Waals surface area contributed by atoms with Crippen molar-refractivity contribution in [2.45, 2.75) is 0 Å². The van der Waals surface area contributed by atoms with E-state index in [2.05, 4.69) is 30.2 Å². The van der Waals surface area contributed by atoms with Crippen LogP contribution in [-0.2, 0) is 4.74 Å². The van der Waals surface area contributed by atoms with Crippen molar-refractivity contribution in [1.29, 1.82) is 0 Å². The van der Waals surface area contributed by atoms with Gasteiger partial charge >= 0.3 is 5.97 Å². The first-order valence-electron chi connectivity index (χ1n) is 8.26. The van der Waals surface area contributed by atoms with Gasteiger partial charge in [0.15, 0.2) is 6.61 Å². The first-order chi connectivity index (χ1) is 12.8. The molecule has 0 unspecified atom stereocenters. The van der Waals surface area contributed by atoms with Gasteiger partial charge in [0.25, 0.3) is 0 Å². The Morgan fingerprint density at radius 2 is 1.73 bits per heavy atom. The Hall–Kier alpha value is -3.64. The molecule has 0 bridgehead atoms. The van der Waals surface area contributed by atoms with Gasteiger partial charge in [0.1, 0.15) is 0 Å². The molecule has 0 saturated carbocycles. The van der Waals surface area contributed by atoms with Crippen molar-refractivity contribution in [3.8, 4) is 23.6 Å². The molecule has 1 aromatic heterocycles. The number of carbonyl (C=O) groups excluding carboxylic acids is 1. The zero-order chi connectivity index (χ0) is 17.9. The van der Waals surface area contributed by atoms with Crippen molar-refractivity contribution in [3.05, 3.63) is 78.4 Å². The van der Waals surface area contributed by atoms with Gasteiger partial charge in [-0.25, -0.2) is 9.78 Å². The minimum atomic E-state index is -0.441. The van der Waals surface area contributed by atoms with Crippen LogP contribution in [0.4, 0.5) is 0 Å². The minimum Gasteiger partial charge on any atom is -0.449 e. The molecule has 0 saturated heterocycles. The molecule has 0 fully saturated rings. The van der Waals surface area contributed by atoms with E-state index in [4.69, 9.17) is 16.1 Å². The largest absolute Gasteiger partial charge is 0.449 e. The van der Waals surface area contributed by atoms with Crippen LogP contribution in [0.15, 0.2) is 72.8 Å². The fourth-order valence-electron chi connectivity index (χ4n) is 3.03. The second kappa shape index (κ2) is 6.70. The number of aromatic nitrogens is 1. The summed E-state index contributed by atoms with van der Waals surface area (Å²) in [6, 6.07) is 23.6. The molecule has 0 aliphatic rings. The average molecular weight is 337 g/mol. The number of terminal acetylenes is 1. The Labute approximate surface area is 151 Å². The van der Waals surface area contributed by atoms with Crippen molar-refractivity contribution in [3.63, 3.8) is 0 Å². The van der Waals surface area contributed by atoms with Crippen LogP contribution in [0.5, 0.6) is 0 Å². The molecule has 3 nitrogen and oxygen atoms in total. The maximum Gasteiger partial charge on any atom is 0.339 e. The number of nitrogens with zero attached hydrogens (tertiary/aromatic N) is 1. The molecule has 3 heteroatoms. The van der Waals surface area contributed by atoms with Crippen LogP contribution in [0.3, 0.4) is 0 Å². The van der Waals surface area contributed by atoms with Gasteiger partial charge < -0.3 is 4.74 Å². The molecule has 0 atom stereocenters.